The molecule has 0 saturated heterocycles. The molecule has 0 saturated carbocycles. The molecule has 0 unspecified atom stereocenters. The van der Waals surface area contributed by atoms with Crippen LogP contribution in [0.1, 0.15) is 42.2 Å². The molecule has 1 aliphatic carbocycles. The monoisotopic (exact) mass is 420 g/mol. The van der Waals surface area contributed by atoms with Gasteiger partial charge in [-0.1, -0.05) is 42.5 Å². The molecule has 1 heterocycles. The lowest BCUT2D eigenvalue weighted by Gasteiger charge is -2.43. The SMILES string of the molecule is COc1cccc([C@@H]2CC(=O)N(N(C)C)C3=C2C(=O)C[C@H](c2ccccc2)C3)c1OC. The van der Waals surface area contributed by atoms with E-state index in [4.69, 9.17) is 9.47 Å². The first-order valence-corrected chi connectivity index (χ1v) is 10.5. The summed E-state index contributed by atoms with van der Waals surface area (Å²) in [5.74, 6) is 0.923. The third kappa shape index (κ3) is 3.72. The lowest BCUT2D eigenvalue weighted by molar-refractivity contribution is -0.143. The number of para-hydroxylation sites is 1. The van der Waals surface area contributed by atoms with Crippen LogP contribution < -0.4 is 9.47 Å². The first-order chi connectivity index (χ1) is 15.0. The molecule has 6 nitrogen and oxygen atoms in total. The van der Waals surface area contributed by atoms with Crippen molar-refractivity contribution in [3.05, 3.63) is 70.9 Å². The number of benzene rings is 2. The number of allylic oxidation sites excluding steroid dienone is 2. The van der Waals surface area contributed by atoms with E-state index in [0.29, 0.717) is 29.9 Å². The van der Waals surface area contributed by atoms with E-state index in [0.717, 1.165) is 16.8 Å². The molecule has 162 valence electrons. The maximum atomic E-state index is 13.5. The van der Waals surface area contributed by atoms with Crippen molar-refractivity contribution >= 4 is 11.7 Å². The van der Waals surface area contributed by atoms with Crippen molar-refractivity contribution in [2.45, 2.75) is 31.1 Å². The zero-order valence-electron chi connectivity index (χ0n) is 18.4. The van der Waals surface area contributed by atoms with Crippen LogP contribution in [0.3, 0.4) is 0 Å². The van der Waals surface area contributed by atoms with E-state index in [1.807, 2.05) is 50.5 Å². The van der Waals surface area contributed by atoms with Gasteiger partial charge in [-0.2, -0.15) is 0 Å². The van der Waals surface area contributed by atoms with Gasteiger partial charge in [0.2, 0.25) is 5.91 Å². The number of ketones is 1. The predicted molar refractivity (Wildman–Crippen MR) is 118 cm³/mol. The molecule has 0 aromatic heterocycles. The third-order valence-corrected chi connectivity index (χ3v) is 6.18. The maximum Gasteiger partial charge on any atom is 0.242 e. The predicted octanol–water partition coefficient (Wildman–Crippen LogP) is 3.90. The second-order valence-corrected chi connectivity index (χ2v) is 8.19. The third-order valence-electron chi connectivity index (χ3n) is 6.18. The second kappa shape index (κ2) is 8.55. The molecule has 0 spiro atoms. The number of hydrogen-bond acceptors (Lipinski definition) is 5. The van der Waals surface area contributed by atoms with Crippen LogP contribution in [0.2, 0.25) is 0 Å². The van der Waals surface area contributed by atoms with Gasteiger partial charge in [-0.3, -0.25) is 9.59 Å². The summed E-state index contributed by atoms with van der Waals surface area (Å²) in [7, 11) is 6.85. The minimum absolute atomic E-state index is 0.0277. The van der Waals surface area contributed by atoms with Gasteiger partial charge >= 0.3 is 0 Å². The van der Waals surface area contributed by atoms with E-state index in [1.54, 1.807) is 24.2 Å². The highest BCUT2D eigenvalue weighted by atomic mass is 16.5. The Morgan fingerprint density at radius 2 is 1.65 bits per heavy atom. The van der Waals surface area contributed by atoms with Crippen molar-refractivity contribution < 1.29 is 19.1 Å². The smallest absolute Gasteiger partial charge is 0.242 e. The summed E-state index contributed by atoms with van der Waals surface area (Å²) in [6.07, 6.45) is 1.28. The number of carbonyl (C=O) groups excluding carboxylic acids is 2. The molecular formula is C25H28N2O4. The maximum absolute atomic E-state index is 13.5. The molecule has 0 radical (unpaired) electrons. The van der Waals surface area contributed by atoms with Crippen molar-refractivity contribution in [2.24, 2.45) is 0 Å². The van der Waals surface area contributed by atoms with Gasteiger partial charge in [-0.05, 0) is 24.0 Å². The molecule has 0 bridgehead atoms. The Kier molecular flexibility index (Phi) is 5.83. The molecule has 4 rings (SSSR count). The summed E-state index contributed by atoms with van der Waals surface area (Å²) in [6.45, 7) is 0. The Balaban J connectivity index is 1.86. The molecule has 1 aliphatic heterocycles. The van der Waals surface area contributed by atoms with Crippen molar-refractivity contribution in [3.63, 3.8) is 0 Å². The zero-order valence-corrected chi connectivity index (χ0v) is 18.4. The summed E-state index contributed by atoms with van der Waals surface area (Å²) < 4.78 is 11.1. The van der Waals surface area contributed by atoms with E-state index in [2.05, 4.69) is 12.1 Å². The number of ether oxygens (including phenoxy) is 2. The van der Waals surface area contributed by atoms with Gasteiger partial charge in [-0.25, -0.2) is 10.0 Å². The normalized spacial score (nSPS) is 21.4. The fraction of sp³-hybridized carbons (Fsp3) is 0.360. The van der Waals surface area contributed by atoms with Gasteiger partial charge in [0, 0.05) is 49.7 Å². The minimum Gasteiger partial charge on any atom is -0.493 e. The van der Waals surface area contributed by atoms with Crippen LogP contribution in [0.15, 0.2) is 59.8 Å². The molecule has 2 aromatic carbocycles. The summed E-state index contributed by atoms with van der Waals surface area (Å²) in [4.78, 5) is 26.8. The average Bonchev–Trinajstić information content (AvgIpc) is 2.77. The van der Waals surface area contributed by atoms with Gasteiger partial charge in [0.05, 0.1) is 14.2 Å². The van der Waals surface area contributed by atoms with E-state index >= 15 is 0 Å². The van der Waals surface area contributed by atoms with E-state index in [1.165, 1.54) is 0 Å². The van der Waals surface area contributed by atoms with Crippen molar-refractivity contribution in [1.82, 2.24) is 10.0 Å². The molecule has 2 aliphatic rings. The first-order valence-electron chi connectivity index (χ1n) is 10.5. The summed E-state index contributed by atoms with van der Waals surface area (Å²) in [5.41, 5.74) is 3.44. The van der Waals surface area contributed by atoms with Gasteiger partial charge in [0.1, 0.15) is 0 Å². The van der Waals surface area contributed by atoms with Crippen molar-refractivity contribution in [3.8, 4) is 11.5 Å². The Morgan fingerprint density at radius 1 is 0.903 bits per heavy atom. The number of methoxy groups -OCH3 is 2. The Labute approximate surface area is 183 Å². The standard InChI is InChI=1S/C25H28N2O4/c1-26(2)27-20-13-17(16-9-6-5-7-10-16)14-21(28)24(20)19(15-23(27)29)18-11-8-12-22(30-3)25(18)31-4/h5-12,17,19H,13-15H2,1-4H3/t17-,19+/m1/s1. The number of hydrazine groups is 1. The first kappa shape index (κ1) is 21.1. The number of nitrogens with zero attached hydrogens (tertiary/aromatic N) is 2. The van der Waals surface area contributed by atoms with Crippen LogP contribution in [0.4, 0.5) is 0 Å². The van der Waals surface area contributed by atoms with Gasteiger partial charge < -0.3 is 9.47 Å². The molecule has 6 heteroatoms. The molecule has 2 aromatic rings. The lowest BCUT2D eigenvalue weighted by atomic mass is 9.73. The number of hydrogen-bond donors (Lipinski definition) is 0. The van der Waals surface area contributed by atoms with E-state index < -0.39 is 0 Å². The summed E-state index contributed by atoms with van der Waals surface area (Å²) in [6, 6.07) is 15.7. The van der Waals surface area contributed by atoms with Crippen molar-refractivity contribution in [2.75, 3.05) is 28.3 Å². The topological polar surface area (TPSA) is 59.1 Å². The largest absolute Gasteiger partial charge is 0.493 e. The van der Waals surface area contributed by atoms with Crippen LogP contribution in [0, 0.1) is 0 Å². The van der Waals surface area contributed by atoms with Gasteiger partial charge in [0.25, 0.3) is 0 Å². The molecule has 0 fully saturated rings. The number of carbonyl (C=O) groups is 2. The van der Waals surface area contributed by atoms with Crippen LogP contribution in [-0.4, -0.2) is 50.0 Å². The Bertz CT molecular complexity index is 1030. The fourth-order valence-corrected chi connectivity index (χ4v) is 4.90. The van der Waals surface area contributed by atoms with Crippen molar-refractivity contribution in [1.29, 1.82) is 0 Å². The minimum atomic E-state index is -0.354. The lowest BCUT2D eigenvalue weighted by Crippen LogP contribution is -2.48. The quantitative estimate of drug-likeness (QED) is 0.734. The fourth-order valence-electron chi connectivity index (χ4n) is 4.90. The highest BCUT2D eigenvalue weighted by Gasteiger charge is 2.43. The zero-order chi connectivity index (χ0) is 22.1. The molecule has 1 amide bonds. The molecular weight excluding hydrogens is 392 g/mol. The van der Waals surface area contributed by atoms with Crippen LogP contribution >= 0.6 is 0 Å². The average molecular weight is 421 g/mol. The molecule has 31 heavy (non-hydrogen) atoms. The van der Waals surface area contributed by atoms with Crippen LogP contribution in [-0.2, 0) is 9.59 Å². The molecule has 2 atom stereocenters. The Hall–Kier alpha value is -3.12. The van der Waals surface area contributed by atoms with Crippen LogP contribution in [0.5, 0.6) is 11.5 Å². The number of rotatable bonds is 5. The van der Waals surface area contributed by atoms with E-state index in [9.17, 15) is 9.59 Å². The highest BCUT2D eigenvalue weighted by molar-refractivity contribution is 6.02. The highest BCUT2D eigenvalue weighted by Crippen LogP contribution is 2.48. The van der Waals surface area contributed by atoms with E-state index in [-0.39, 0.29) is 29.9 Å². The second-order valence-electron chi connectivity index (χ2n) is 8.19. The number of amides is 1. The van der Waals surface area contributed by atoms with Crippen LogP contribution in [0.25, 0.3) is 0 Å². The van der Waals surface area contributed by atoms with Gasteiger partial charge in [0.15, 0.2) is 17.3 Å². The summed E-state index contributed by atoms with van der Waals surface area (Å²) in [5, 5.41) is 3.45. The summed E-state index contributed by atoms with van der Waals surface area (Å²) >= 11 is 0. The number of Topliss-reactive ketones (excluding diaryl/α,β-unsaturated/α-hetero) is 1. The molecule has 0 N–H and O–H groups in total. The van der Waals surface area contributed by atoms with Gasteiger partial charge in [-0.15, -0.1) is 0 Å². The Morgan fingerprint density at radius 3 is 2.29 bits per heavy atom.